The maximum Gasteiger partial charge on any atom is 0.257 e. The van der Waals surface area contributed by atoms with E-state index in [9.17, 15) is 13.2 Å². The molecule has 2 heterocycles. The highest BCUT2D eigenvalue weighted by Gasteiger charge is 2.28. The molecule has 3 aromatic rings. The molecule has 1 fully saturated rings. The fourth-order valence-electron chi connectivity index (χ4n) is 3.33. The predicted octanol–water partition coefficient (Wildman–Crippen LogP) is 3.36. The molecule has 0 atom stereocenters. The van der Waals surface area contributed by atoms with Crippen molar-refractivity contribution in [2.45, 2.75) is 11.8 Å². The van der Waals surface area contributed by atoms with E-state index in [1.807, 2.05) is 19.2 Å². The summed E-state index contributed by atoms with van der Waals surface area (Å²) in [6.45, 7) is 3.95. The molecular weight excluding hydrogens is 470 g/mol. The van der Waals surface area contributed by atoms with Gasteiger partial charge in [0.1, 0.15) is 5.01 Å². The largest absolute Gasteiger partial charge is 0.304 e. The Morgan fingerprint density at radius 2 is 1.75 bits per heavy atom. The van der Waals surface area contributed by atoms with Crippen LogP contribution in [0.3, 0.4) is 0 Å². The number of carbonyl (C=O) groups excluding carboxylic acids is 1. The van der Waals surface area contributed by atoms with Crippen LogP contribution >= 0.6 is 22.9 Å². The average molecular weight is 492 g/mol. The minimum atomic E-state index is -3.68. The van der Waals surface area contributed by atoms with Gasteiger partial charge in [0, 0.05) is 42.3 Å². The fourth-order valence-corrected chi connectivity index (χ4v) is 5.65. The minimum Gasteiger partial charge on any atom is -0.304 e. The molecule has 11 heteroatoms. The van der Waals surface area contributed by atoms with E-state index in [0.29, 0.717) is 46.9 Å². The number of carbonyl (C=O) groups is 1. The van der Waals surface area contributed by atoms with E-state index in [1.54, 1.807) is 31.2 Å². The highest BCUT2D eigenvalue weighted by atomic mass is 35.5. The minimum absolute atomic E-state index is 0.108. The fraction of sp³-hybridized carbons (Fsp3) is 0.286. The zero-order valence-electron chi connectivity index (χ0n) is 17.6. The first-order valence-electron chi connectivity index (χ1n) is 9.94. The summed E-state index contributed by atoms with van der Waals surface area (Å²) in [5, 5.41) is 12.5. The Morgan fingerprint density at radius 1 is 1.06 bits per heavy atom. The molecule has 168 valence electrons. The van der Waals surface area contributed by atoms with Crippen LogP contribution in [-0.4, -0.2) is 67.0 Å². The molecule has 1 amide bonds. The average Bonchev–Trinajstić information content (AvgIpc) is 3.23. The number of benzene rings is 2. The number of hydrogen-bond acceptors (Lipinski definition) is 7. The summed E-state index contributed by atoms with van der Waals surface area (Å²) in [6, 6.07) is 11.8. The Labute approximate surface area is 195 Å². The molecule has 1 aliphatic heterocycles. The smallest absolute Gasteiger partial charge is 0.257 e. The summed E-state index contributed by atoms with van der Waals surface area (Å²) in [6.07, 6.45) is 0. The van der Waals surface area contributed by atoms with Crippen molar-refractivity contribution in [3.8, 4) is 10.6 Å². The number of sulfonamides is 1. The quantitative estimate of drug-likeness (QED) is 0.588. The van der Waals surface area contributed by atoms with Crippen LogP contribution in [0.1, 0.15) is 15.9 Å². The van der Waals surface area contributed by atoms with Gasteiger partial charge in [0.25, 0.3) is 5.91 Å². The van der Waals surface area contributed by atoms with Gasteiger partial charge in [-0.3, -0.25) is 10.1 Å². The standard InChI is InChI=1S/C21H22ClN5O3S2/c1-14-3-8-17(32(29,30)27-11-9-26(2)10-12-27)13-18(14)19(28)23-21-25-24-20(31-21)15-4-6-16(22)7-5-15/h3-8,13H,9-12H2,1-2H3,(H,23,25,28). The lowest BCUT2D eigenvalue weighted by atomic mass is 10.1. The van der Waals surface area contributed by atoms with Gasteiger partial charge in [0.2, 0.25) is 15.2 Å². The molecule has 0 spiro atoms. The zero-order valence-corrected chi connectivity index (χ0v) is 20.0. The first-order chi connectivity index (χ1) is 15.2. The summed E-state index contributed by atoms with van der Waals surface area (Å²) in [5.74, 6) is -0.434. The van der Waals surface area contributed by atoms with Crippen LogP contribution in [0, 0.1) is 6.92 Å². The van der Waals surface area contributed by atoms with Crippen molar-refractivity contribution >= 4 is 44.0 Å². The van der Waals surface area contributed by atoms with Crippen molar-refractivity contribution < 1.29 is 13.2 Å². The maximum absolute atomic E-state index is 13.1. The number of amides is 1. The lowest BCUT2D eigenvalue weighted by Gasteiger charge is -2.31. The third-order valence-electron chi connectivity index (χ3n) is 5.29. The van der Waals surface area contributed by atoms with E-state index in [-0.39, 0.29) is 10.5 Å². The van der Waals surface area contributed by atoms with Crippen LogP contribution in [0.15, 0.2) is 47.4 Å². The van der Waals surface area contributed by atoms with Gasteiger partial charge in [-0.05, 0) is 43.8 Å². The SMILES string of the molecule is Cc1ccc(S(=O)(=O)N2CCN(C)CC2)cc1C(=O)Nc1nnc(-c2ccc(Cl)cc2)s1. The number of nitrogens with zero attached hydrogens (tertiary/aromatic N) is 4. The van der Waals surface area contributed by atoms with Gasteiger partial charge >= 0.3 is 0 Å². The monoisotopic (exact) mass is 491 g/mol. The number of likely N-dealkylation sites (N-methyl/N-ethyl adjacent to an activating group) is 1. The van der Waals surface area contributed by atoms with E-state index >= 15 is 0 Å². The summed E-state index contributed by atoms with van der Waals surface area (Å²) in [5.41, 5.74) is 1.79. The molecule has 2 aromatic carbocycles. The van der Waals surface area contributed by atoms with Gasteiger partial charge in [-0.25, -0.2) is 8.42 Å². The molecule has 0 unspecified atom stereocenters. The predicted molar refractivity (Wildman–Crippen MR) is 126 cm³/mol. The second-order valence-electron chi connectivity index (χ2n) is 7.56. The molecule has 0 bridgehead atoms. The van der Waals surface area contributed by atoms with Crippen LogP contribution < -0.4 is 5.32 Å². The second-order valence-corrected chi connectivity index (χ2v) is 10.9. The van der Waals surface area contributed by atoms with Crippen LogP contribution in [0.4, 0.5) is 5.13 Å². The molecule has 0 radical (unpaired) electrons. The van der Waals surface area contributed by atoms with E-state index in [2.05, 4.69) is 20.4 Å². The normalized spacial score (nSPS) is 15.6. The molecule has 1 saturated heterocycles. The number of aryl methyl sites for hydroxylation is 1. The van der Waals surface area contributed by atoms with Crippen molar-refractivity contribution in [1.29, 1.82) is 0 Å². The highest BCUT2D eigenvalue weighted by Crippen LogP contribution is 2.28. The molecule has 0 aliphatic carbocycles. The summed E-state index contributed by atoms with van der Waals surface area (Å²) in [7, 11) is -1.71. The van der Waals surface area contributed by atoms with Crippen molar-refractivity contribution in [3.05, 3.63) is 58.6 Å². The first kappa shape index (κ1) is 22.8. The Hall–Kier alpha value is -2.37. The van der Waals surface area contributed by atoms with E-state index < -0.39 is 15.9 Å². The van der Waals surface area contributed by atoms with Gasteiger partial charge in [-0.1, -0.05) is 41.1 Å². The van der Waals surface area contributed by atoms with E-state index in [0.717, 1.165) is 5.56 Å². The molecule has 1 N–H and O–H groups in total. The van der Waals surface area contributed by atoms with Crippen LogP contribution in [0.25, 0.3) is 10.6 Å². The molecule has 32 heavy (non-hydrogen) atoms. The first-order valence-corrected chi connectivity index (χ1v) is 12.6. The maximum atomic E-state index is 13.1. The number of hydrogen-bond donors (Lipinski definition) is 1. The highest BCUT2D eigenvalue weighted by molar-refractivity contribution is 7.89. The van der Waals surface area contributed by atoms with Gasteiger partial charge in [0.05, 0.1) is 4.90 Å². The van der Waals surface area contributed by atoms with Crippen LogP contribution in [-0.2, 0) is 10.0 Å². The van der Waals surface area contributed by atoms with Crippen LogP contribution in [0.5, 0.6) is 0 Å². The molecule has 0 saturated carbocycles. The van der Waals surface area contributed by atoms with Gasteiger partial charge in [0.15, 0.2) is 0 Å². The number of halogens is 1. The summed E-state index contributed by atoms with van der Waals surface area (Å²) in [4.78, 5) is 15.1. The van der Waals surface area contributed by atoms with Gasteiger partial charge in [-0.15, -0.1) is 10.2 Å². The Bertz CT molecular complexity index is 1240. The lowest BCUT2D eigenvalue weighted by molar-refractivity contribution is 0.102. The topological polar surface area (TPSA) is 95.5 Å². The van der Waals surface area contributed by atoms with Gasteiger partial charge < -0.3 is 4.90 Å². The van der Waals surface area contributed by atoms with Crippen molar-refractivity contribution in [3.63, 3.8) is 0 Å². The number of anilines is 1. The number of piperazine rings is 1. The van der Waals surface area contributed by atoms with Gasteiger partial charge in [-0.2, -0.15) is 4.31 Å². The van der Waals surface area contributed by atoms with Crippen molar-refractivity contribution in [1.82, 2.24) is 19.4 Å². The summed E-state index contributed by atoms with van der Waals surface area (Å²) < 4.78 is 27.6. The Balaban J connectivity index is 1.54. The van der Waals surface area contributed by atoms with Crippen molar-refractivity contribution in [2.75, 3.05) is 38.5 Å². The summed E-state index contributed by atoms with van der Waals surface area (Å²) >= 11 is 7.14. The van der Waals surface area contributed by atoms with Crippen molar-refractivity contribution in [2.24, 2.45) is 0 Å². The Morgan fingerprint density at radius 3 is 2.44 bits per heavy atom. The van der Waals surface area contributed by atoms with E-state index in [4.69, 9.17) is 11.6 Å². The molecule has 1 aliphatic rings. The van der Waals surface area contributed by atoms with E-state index in [1.165, 1.54) is 21.7 Å². The molecular formula is C21H22ClN5O3S2. The third-order valence-corrected chi connectivity index (χ3v) is 8.32. The zero-order chi connectivity index (χ0) is 22.9. The number of rotatable bonds is 5. The molecule has 4 rings (SSSR count). The number of nitrogens with one attached hydrogen (secondary N) is 1. The molecule has 8 nitrogen and oxygen atoms in total. The third kappa shape index (κ3) is 4.84. The number of aromatic nitrogens is 2. The van der Waals surface area contributed by atoms with Crippen LogP contribution in [0.2, 0.25) is 5.02 Å². The lowest BCUT2D eigenvalue weighted by Crippen LogP contribution is -2.47. The molecule has 1 aromatic heterocycles. The Kier molecular flexibility index (Phi) is 6.59. The second kappa shape index (κ2) is 9.24.